The average molecular weight is 316 g/mol. The van der Waals surface area contributed by atoms with Crippen molar-refractivity contribution in [2.24, 2.45) is 5.92 Å². The van der Waals surface area contributed by atoms with Crippen LogP contribution in [0.1, 0.15) is 57.1 Å². The number of ether oxygens (including phenoxy) is 1. The Morgan fingerprint density at radius 3 is 2.91 bits per heavy atom. The second-order valence-corrected chi connectivity index (χ2v) is 6.28. The third-order valence-electron chi connectivity index (χ3n) is 4.63. The standard InChI is InChI=1S/C17H24N4O2/c1-2-3-10-23-17(22)13-6-4-12(5-7-13)14-11-15(18)21-16(20-14)8-9-19-21/h8-9,11-13H,2-7,10,18H2,1H3. The van der Waals surface area contributed by atoms with Gasteiger partial charge < -0.3 is 10.5 Å². The molecule has 0 atom stereocenters. The maximum Gasteiger partial charge on any atom is 0.308 e. The Bertz CT molecular complexity index is 674. The van der Waals surface area contributed by atoms with Crippen LogP contribution in [0.2, 0.25) is 0 Å². The first-order valence-corrected chi connectivity index (χ1v) is 8.46. The van der Waals surface area contributed by atoms with E-state index in [4.69, 9.17) is 10.5 Å². The van der Waals surface area contributed by atoms with Gasteiger partial charge in [0.15, 0.2) is 5.65 Å². The lowest BCUT2D eigenvalue weighted by atomic mass is 9.80. The Morgan fingerprint density at radius 2 is 2.17 bits per heavy atom. The van der Waals surface area contributed by atoms with Gasteiger partial charge in [-0.3, -0.25) is 4.79 Å². The second kappa shape index (κ2) is 6.98. The molecule has 0 unspecified atom stereocenters. The molecule has 0 amide bonds. The number of rotatable bonds is 5. The van der Waals surface area contributed by atoms with Gasteiger partial charge in [0.1, 0.15) is 5.82 Å². The van der Waals surface area contributed by atoms with E-state index in [9.17, 15) is 4.79 Å². The Hall–Kier alpha value is -2.11. The first-order chi connectivity index (χ1) is 11.2. The quantitative estimate of drug-likeness (QED) is 0.677. The summed E-state index contributed by atoms with van der Waals surface area (Å²) in [6.07, 6.45) is 7.31. The number of anilines is 1. The summed E-state index contributed by atoms with van der Waals surface area (Å²) in [5, 5.41) is 4.14. The van der Waals surface area contributed by atoms with Gasteiger partial charge in [-0.25, -0.2) is 4.98 Å². The van der Waals surface area contributed by atoms with Gasteiger partial charge in [-0.15, -0.1) is 0 Å². The van der Waals surface area contributed by atoms with Crippen molar-refractivity contribution in [1.29, 1.82) is 0 Å². The minimum absolute atomic E-state index is 0.0318. The van der Waals surface area contributed by atoms with Crippen LogP contribution in [0.25, 0.3) is 5.65 Å². The summed E-state index contributed by atoms with van der Waals surface area (Å²) in [6, 6.07) is 3.77. The third-order valence-corrected chi connectivity index (χ3v) is 4.63. The zero-order valence-corrected chi connectivity index (χ0v) is 13.6. The average Bonchev–Trinajstić information content (AvgIpc) is 3.04. The van der Waals surface area contributed by atoms with E-state index in [-0.39, 0.29) is 11.9 Å². The van der Waals surface area contributed by atoms with Gasteiger partial charge in [0, 0.05) is 23.7 Å². The molecule has 1 saturated carbocycles. The smallest absolute Gasteiger partial charge is 0.308 e. The van der Waals surface area contributed by atoms with Crippen LogP contribution in [0, 0.1) is 5.92 Å². The second-order valence-electron chi connectivity index (χ2n) is 6.28. The van der Waals surface area contributed by atoms with Crippen LogP contribution in [0.15, 0.2) is 18.3 Å². The Balaban J connectivity index is 1.60. The van der Waals surface area contributed by atoms with E-state index < -0.39 is 0 Å². The highest BCUT2D eigenvalue weighted by Gasteiger charge is 2.29. The molecule has 0 saturated heterocycles. The molecule has 0 radical (unpaired) electrons. The third kappa shape index (κ3) is 3.46. The molecule has 1 aliphatic rings. The molecule has 2 aromatic heterocycles. The number of esters is 1. The van der Waals surface area contributed by atoms with Crippen LogP contribution < -0.4 is 5.73 Å². The number of carbonyl (C=O) groups is 1. The van der Waals surface area contributed by atoms with E-state index >= 15 is 0 Å². The SMILES string of the molecule is CCCCOC(=O)C1CCC(c2cc(N)n3nccc3n2)CC1. The molecule has 6 nitrogen and oxygen atoms in total. The van der Waals surface area contributed by atoms with Crippen molar-refractivity contribution in [3.8, 4) is 0 Å². The molecule has 0 aliphatic heterocycles. The van der Waals surface area contributed by atoms with E-state index in [1.807, 2.05) is 12.1 Å². The zero-order chi connectivity index (χ0) is 16.2. The van der Waals surface area contributed by atoms with Crippen LogP contribution in [-0.4, -0.2) is 27.2 Å². The van der Waals surface area contributed by atoms with Crippen molar-refractivity contribution in [2.45, 2.75) is 51.4 Å². The number of hydrogen-bond donors (Lipinski definition) is 1. The van der Waals surface area contributed by atoms with Gasteiger partial charge in [-0.2, -0.15) is 9.61 Å². The molecule has 1 aliphatic carbocycles. The fraction of sp³-hybridized carbons (Fsp3) is 0.588. The highest BCUT2D eigenvalue weighted by atomic mass is 16.5. The van der Waals surface area contributed by atoms with Crippen molar-refractivity contribution in [3.05, 3.63) is 24.0 Å². The van der Waals surface area contributed by atoms with Crippen molar-refractivity contribution in [3.63, 3.8) is 0 Å². The number of nitrogens with two attached hydrogens (primary N) is 1. The lowest BCUT2D eigenvalue weighted by Crippen LogP contribution is -2.24. The van der Waals surface area contributed by atoms with Crippen molar-refractivity contribution in [2.75, 3.05) is 12.3 Å². The summed E-state index contributed by atoms with van der Waals surface area (Å²) in [7, 11) is 0. The van der Waals surface area contributed by atoms with Crippen LogP contribution in [0.5, 0.6) is 0 Å². The van der Waals surface area contributed by atoms with Crippen LogP contribution in [-0.2, 0) is 9.53 Å². The Labute approximate surface area is 136 Å². The van der Waals surface area contributed by atoms with E-state index in [1.54, 1.807) is 10.7 Å². The van der Waals surface area contributed by atoms with Crippen LogP contribution in [0.3, 0.4) is 0 Å². The molecule has 3 rings (SSSR count). The van der Waals surface area contributed by atoms with Crippen molar-refractivity contribution >= 4 is 17.4 Å². The number of aromatic nitrogens is 3. The summed E-state index contributed by atoms with van der Waals surface area (Å²) < 4.78 is 6.98. The van der Waals surface area contributed by atoms with Gasteiger partial charge in [-0.1, -0.05) is 13.3 Å². The molecule has 2 aromatic rings. The number of hydrogen-bond acceptors (Lipinski definition) is 5. The lowest BCUT2D eigenvalue weighted by molar-refractivity contribution is -0.149. The lowest BCUT2D eigenvalue weighted by Gasteiger charge is -2.27. The normalized spacial score (nSPS) is 21.4. The maximum absolute atomic E-state index is 12.0. The van der Waals surface area contributed by atoms with Gasteiger partial charge in [-0.05, 0) is 32.1 Å². The summed E-state index contributed by atoms with van der Waals surface area (Å²) in [5.74, 6) is 0.975. The molecule has 124 valence electrons. The first kappa shape index (κ1) is 15.8. The molecule has 2 N–H and O–H groups in total. The van der Waals surface area contributed by atoms with E-state index in [2.05, 4.69) is 17.0 Å². The molecule has 6 heteroatoms. The molecule has 2 heterocycles. The predicted molar refractivity (Wildman–Crippen MR) is 88.0 cm³/mol. The molecule has 1 fully saturated rings. The molecule has 0 aromatic carbocycles. The maximum atomic E-state index is 12.0. The first-order valence-electron chi connectivity index (χ1n) is 8.46. The Morgan fingerprint density at radius 1 is 1.39 bits per heavy atom. The number of nitrogens with zero attached hydrogens (tertiary/aromatic N) is 3. The molecule has 0 spiro atoms. The highest BCUT2D eigenvalue weighted by Crippen LogP contribution is 2.36. The highest BCUT2D eigenvalue weighted by molar-refractivity contribution is 5.72. The van der Waals surface area contributed by atoms with E-state index in [0.717, 1.165) is 49.9 Å². The number of nitrogen functional groups attached to an aromatic ring is 1. The summed E-state index contributed by atoms with van der Waals surface area (Å²) in [6.45, 7) is 2.64. The number of unbranched alkanes of at least 4 members (excludes halogenated alkanes) is 1. The summed E-state index contributed by atoms with van der Waals surface area (Å²) >= 11 is 0. The van der Waals surface area contributed by atoms with Gasteiger partial charge >= 0.3 is 5.97 Å². The fourth-order valence-corrected chi connectivity index (χ4v) is 3.23. The fourth-order valence-electron chi connectivity index (χ4n) is 3.23. The monoisotopic (exact) mass is 316 g/mol. The van der Waals surface area contributed by atoms with Crippen LogP contribution in [0.4, 0.5) is 5.82 Å². The van der Waals surface area contributed by atoms with Gasteiger partial charge in [0.25, 0.3) is 0 Å². The van der Waals surface area contributed by atoms with Crippen LogP contribution >= 0.6 is 0 Å². The predicted octanol–water partition coefficient (Wildman–Crippen LogP) is 2.93. The van der Waals surface area contributed by atoms with E-state index in [1.165, 1.54) is 0 Å². The number of fused-ring (bicyclic) bond motifs is 1. The van der Waals surface area contributed by atoms with Gasteiger partial charge in [0.05, 0.1) is 18.7 Å². The minimum Gasteiger partial charge on any atom is -0.465 e. The van der Waals surface area contributed by atoms with Crippen molar-refractivity contribution in [1.82, 2.24) is 14.6 Å². The molecular formula is C17H24N4O2. The largest absolute Gasteiger partial charge is 0.465 e. The minimum atomic E-state index is -0.0318. The topological polar surface area (TPSA) is 82.5 Å². The molecular weight excluding hydrogens is 292 g/mol. The zero-order valence-electron chi connectivity index (χ0n) is 13.6. The van der Waals surface area contributed by atoms with Gasteiger partial charge in [0.2, 0.25) is 0 Å². The Kier molecular flexibility index (Phi) is 4.79. The number of carbonyl (C=O) groups excluding carboxylic acids is 1. The summed E-state index contributed by atoms with van der Waals surface area (Å²) in [4.78, 5) is 16.7. The summed E-state index contributed by atoms with van der Waals surface area (Å²) in [5.41, 5.74) is 7.82. The molecule has 0 bridgehead atoms. The van der Waals surface area contributed by atoms with Crippen molar-refractivity contribution < 1.29 is 9.53 Å². The van der Waals surface area contributed by atoms with E-state index in [0.29, 0.717) is 18.3 Å². The molecule has 23 heavy (non-hydrogen) atoms.